The van der Waals surface area contributed by atoms with Crippen LogP contribution >= 0.6 is 0 Å². The van der Waals surface area contributed by atoms with E-state index in [9.17, 15) is 10.1 Å². The van der Waals surface area contributed by atoms with Gasteiger partial charge in [-0.05, 0) is 12.3 Å². The summed E-state index contributed by atoms with van der Waals surface area (Å²) in [6.45, 7) is 5.02. The summed E-state index contributed by atoms with van der Waals surface area (Å²) in [4.78, 5) is 17.5. The zero-order valence-electron chi connectivity index (χ0n) is 8.80. The molecular weight excluding hydrogens is 196 g/mol. The highest BCUT2D eigenvalue weighted by atomic mass is 16.6. The van der Waals surface area contributed by atoms with Crippen LogP contribution in [0.4, 0.5) is 11.6 Å². The minimum absolute atomic E-state index is 0.0931. The van der Waals surface area contributed by atoms with Gasteiger partial charge in [0, 0.05) is 6.54 Å². The van der Waals surface area contributed by atoms with E-state index in [2.05, 4.69) is 29.1 Å². The van der Waals surface area contributed by atoms with Crippen LogP contribution in [-0.2, 0) is 0 Å². The molecule has 0 aliphatic carbocycles. The van der Waals surface area contributed by atoms with Crippen LogP contribution in [0.25, 0.3) is 0 Å². The smallest absolute Gasteiger partial charge is 0.305 e. The summed E-state index contributed by atoms with van der Waals surface area (Å²) in [5.41, 5.74) is -0.0931. The Morgan fingerprint density at radius 1 is 1.47 bits per heavy atom. The molecule has 0 bridgehead atoms. The van der Waals surface area contributed by atoms with Gasteiger partial charge in [-0.15, -0.1) is 0 Å². The highest BCUT2D eigenvalue weighted by molar-refractivity contribution is 5.30. The molecule has 0 saturated carbocycles. The first kappa shape index (κ1) is 11.4. The summed E-state index contributed by atoms with van der Waals surface area (Å²) in [5.74, 6) is 1.04. The van der Waals surface area contributed by atoms with Gasteiger partial charge in [-0.1, -0.05) is 13.8 Å². The minimum atomic E-state index is -0.516. The van der Waals surface area contributed by atoms with Crippen LogP contribution in [0, 0.1) is 16.0 Å². The highest BCUT2D eigenvalue weighted by Gasteiger charge is 2.05. The van der Waals surface area contributed by atoms with Crippen molar-refractivity contribution < 1.29 is 4.92 Å². The van der Waals surface area contributed by atoms with Crippen LogP contribution in [0.2, 0.25) is 0 Å². The quantitative estimate of drug-likeness (QED) is 0.592. The van der Waals surface area contributed by atoms with E-state index in [0.29, 0.717) is 11.9 Å². The van der Waals surface area contributed by atoms with Crippen molar-refractivity contribution in [2.45, 2.75) is 20.3 Å². The van der Waals surface area contributed by atoms with E-state index in [1.807, 2.05) is 0 Å². The van der Waals surface area contributed by atoms with Gasteiger partial charge in [-0.3, -0.25) is 10.1 Å². The normalized spacial score (nSPS) is 10.3. The lowest BCUT2D eigenvalue weighted by molar-refractivity contribution is -0.385. The molecule has 0 unspecified atom stereocenters. The van der Waals surface area contributed by atoms with Crippen molar-refractivity contribution >= 4 is 11.6 Å². The topological polar surface area (TPSA) is 81.0 Å². The van der Waals surface area contributed by atoms with Crippen molar-refractivity contribution in [1.82, 2.24) is 9.97 Å². The number of aromatic nitrogens is 2. The maximum atomic E-state index is 10.3. The summed E-state index contributed by atoms with van der Waals surface area (Å²) >= 11 is 0. The third kappa shape index (κ3) is 3.88. The lowest BCUT2D eigenvalue weighted by Crippen LogP contribution is -2.07. The molecule has 1 aromatic rings. The van der Waals surface area contributed by atoms with E-state index in [0.717, 1.165) is 13.0 Å². The second kappa shape index (κ2) is 5.23. The third-order valence-corrected chi connectivity index (χ3v) is 1.85. The van der Waals surface area contributed by atoms with Crippen LogP contribution in [0.5, 0.6) is 0 Å². The Bertz CT molecular complexity index is 323. The second-order valence-electron chi connectivity index (χ2n) is 3.63. The van der Waals surface area contributed by atoms with Gasteiger partial charge in [0.05, 0.1) is 4.92 Å². The van der Waals surface area contributed by atoms with Gasteiger partial charge in [-0.25, -0.2) is 9.97 Å². The Morgan fingerprint density at radius 2 is 2.07 bits per heavy atom. The summed E-state index contributed by atoms with van der Waals surface area (Å²) in [7, 11) is 0. The van der Waals surface area contributed by atoms with Gasteiger partial charge in [0.2, 0.25) is 5.95 Å². The van der Waals surface area contributed by atoms with Gasteiger partial charge in [0.15, 0.2) is 0 Å². The first-order valence-electron chi connectivity index (χ1n) is 4.80. The van der Waals surface area contributed by atoms with Crippen molar-refractivity contribution in [3.63, 3.8) is 0 Å². The molecule has 0 saturated heterocycles. The van der Waals surface area contributed by atoms with Gasteiger partial charge >= 0.3 is 5.69 Å². The van der Waals surface area contributed by atoms with Gasteiger partial charge < -0.3 is 5.32 Å². The Morgan fingerprint density at radius 3 is 2.53 bits per heavy atom. The van der Waals surface area contributed by atoms with E-state index in [-0.39, 0.29) is 5.69 Å². The summed E-state index contributed by atoms with van der Waals surface area (Å²) in [6, 6.07) is 0. The first-order chi connectivity index (χ1) is 7.09. The molecule has 0 aliphatic rings. The highest BCUT2D eigenvalue weighted by Crippen LogP contribution is 2.08. The Kier molecular flexibility index (Phi) is 3.96. The molecular formula is C9H14N4O2. The molecule has 0 aliphatic heterocycles. The number of hydrogen-bond acceptors (Lipinski definition) is 5. The van der Waals surface area contributed by atoms with Crippen molar-refractivity contribution in [2.75, 3.05) is 11.9 Å². The number of hydrogen-bond donors (Lipinski definition) is 1. The van der Waals surface area contributed by atoms with Crippen molar-refractivity contribution in [3.8, 4) is 0 Å². The number of anilines is 1. The molecule has 82 valence electrons. The zero-order chi connectivity index (χ0) is 11.3. The zero-order valence-corrected chi connectivity index (χ0v) is 8.80. The van der Waals surface area contributed by atoms with Crippen molar-refractivity contribution in [2.24, 2.45) is 5.92 Å². The third-order valence-electron chi connectivity index (χ3n) is 1.85. The predicted molar refractivity (Wildman–Crippen MR) is 56.6 cm³/mol. The molecule has 0 spiro atoms. The maximum absolute atomic E-state index is 10.3. The van der Waals surface area contributed by atoms with Crippen LogP contribution in [0.15, 0.2) is 12.4 Å². The minimum Gasteiger partial charge on any atom is -0.354 e. The predicted octanol–water partition coefficient (Wildman–Crippen LogP) is 1.84. The fourth-order valence-electron chi connectivity index (χ4n) is 0.979. The number of nitrogens with zero attached hydrogens (tertiary/aromatic N) is 3. The molecule has 6 heteroatoms. The second-order valence-corrected chi connectivity index (χ2v) is 3.63. The number of nitro groups is 1. The number of nitrogens with one attached hydrogen (secondary N) is 1. The largest absolute Gasteiger partial charge is 0.354 e. The van der Waals surface area contributed by atoms with Gasteiger partial charge in [0.25, 0.3) is 0 Å². The Balaban J connectivity index is 2.46. The van der Waals surface area contributed by atoms with Crippen molar-refractivity contribution in [1.29, 1.82) is 0 Å². The van der Waals surface area contributed by atoms with Crippen LogP contribution in [-0.4, -0.2) is 21.4 Å². The van der Waals surface area contributed by atoms with E-state index in [1.54, 1.807) is 0 Å². The lowest BCUT2D eigenvalue weighted by atomic mass is 10.1. The molecule has 0 radical (unpaired) electrons. The van der Waals surface area contributed by atoms with E-state index in [4.69, 9.17) is 0 Å². The lowest BCUT2D eigenvalue weighted by Gasteiger charge is -2.05. The van der Waals surface area contributed by atoms with Crippen LogP contribution in [0.3, 0.4) is 0 Å². The Labute approximate surface area is 87.9 Å². The molecule has 1 aromatic heterocycles. The monoisotopic (exact) mass is 210 g/mol. The molecule has 0 aromatic carbocycles. The fourth-order valence-corrected chi connectivity index (χ4v) is 0.979. The van der Waals surface area contributed by atoms with Gasteiger partial charge in [-0.2, -0.15) is 0 Å². The molecule has 0 amide bonds. The first-order valence-corrected chi connectivity index (χ1v) is 4.80. The summed E-state index contributed by atoms with van der Waals surface area (Å²) < 4.78 is 0. The van der Waals surface area contributed by atoms with Crippen LogP contribution < -0.4 is 5.32 Å². The summed E-state index contributed by atoms with van der Waals surface area (Å²) in [6.07, 6.45) is 3.41. The van der Waals surface area contributed by atoms with Gasteiger partial charge in [0.1, 0.15) is 12.4 Å². The standard InChI is InChI=1S/C9H14N4O2/c1-7(2)3-4-10-9-11-5-8(6-12-9)13(14)15/h5-7H,3-4H2,1-2H3,(H,10,11,12). The molecule has 1 N–H and O–H groups in total. The van der Waals surface area contributed by atoms with E-state index < -0.39 is 4.92 Å². The average Bonchev–Trinajstić information content (AvgIpc) is 2.18. The molecule has 1 heterocycles. The van der Waals surface area contributed by atoms with E-state index >= 15 is 0 Å². The molecule has 1 rings (SSSR count). The summed E-state index contributed by atoms with van der Waals surface area (Å²) in [5, 5.41) is 13.3. The fraction of sp³-hybridized carbons (Fsp3) is 0.556. The maximum Gasteiger partial charge on any atom is 0.305 e. The molecule has 0 atom stereocenters. The molecule has 15 heavy (non-hydrogen) atoms. The van der Waals surface area contributed by atoms with E-state index in [1.165, 1.54) is 12.4 Å². The van der Waals surface area contributed by atoms with Crippen molar-refractivity contribution in [3.05, 3.63) is 22.5 Å². The van der Waals surface area contributed by atoms with Crippen LogP contribution in [0.1, 0.15) is 20.3 Å². The SMILES string of the molecule is CC(C)CCNc1ncc([N+](=O)[O-])cn1. The number of rotatable bonds is 5. The Hall–Kier alpha value is -1.72. The average molecular weight is 210 g/mol. The molecule has 0 fully saturated rings. The molecule has 6 nitrogen and oxygen atoms in total.